The summed E-state index contributed by atoms with van der Waals surface area (Å²) >= 11 is 1.58. The third kappa shape index (κ3) is 8.21. The van der Waals surface area contributed by atoms with Crippen molar-refractivity contribution in [3.05, 3.63) is 57.8 Å². The van der Waals surface area contributed by atoms with Gasteiger partial charge in [0.15, 0.2) is 5.96 Å². The van der Waals surface area contributed by atoms with E-state index in [1.807, 2.05) is 28.8 Å². The molecule has 1 N–H and O–H groups in total. The molecule has 0 saturated carbocycles. The first kappa shape index (κ1) is 25.2. The molecule has 0 aliphatic rings. The van der Waals surface area contributed by atoms with Crippen LogP contribution in [-0.2, 0) is 24.1 Å². The second-order valence-corrected chi connectivity index (χ2v) is 7.25. The van der Waals surface area contributed by atoms with E-state index in [2.05, 4.69) is 10.3 Å². The highest BCUT2D eigenvalue weighted by molar-refractivity contribution is 14.0. The number of alkyl halides is 3. The van der Waals surface area contributed by atoms with Gasteiger partial charge in [-0.3, -0.25) is 4.79 Å². The Morgan fingerprint density at radius 2 is 1.90 bits per heavy atom. The van der Waals surface area contributed by atoms with Crippen LogP contribution in [0.25, 0.3) is 0 Å². The first-order chi connectivity index (χ1) is 13.2. The van der Waals surface area contributed by atoms with Gasteiger partial charge < -0.3 is 15.1 Å². The zero-order valence-corrected chi connectivity index (χ0v) is 19.5. The first-order valence-corrected chi connectivity index (χ1v) is 9.48. The lowest BCUT2D eigenvalue weighted by atomic mass is 10.1. The smallest absolute Gasteiger partial charge is 0.347 e. The van der Waals surface area contributed by atoms with Crippen molar-refractivity contribution in [1.82, 2.24) is 15.1 Å². The van der Waals surface area contributed by atoms with Gasteiger partial charge in [0.05, 0.1) is 18.7 Å². The molecular formula is C19H24F3IN4OS. The summed E-state index contributed by atoms with van der Waals surface area (Å²) in [7, 11) is 5.12. The third-order valence-corrected chi connectivity index (χ3v) is 4.66. The molecule has 0 radical (unpaired) electrons. The van der Waals surface area contributed by atoms with Gasteiger partial charge in [0.1, 0.15) is 0 Å². The molecule has 0 bridgehead atoms. The molecular weight excluding hydrogens is 516 g/mol. The van der Waals surface area contributed by atoms with Gasteiger partial charge in [-0.25, -0.2) is 4.99 Å². The third-order valence-electron chi connectivity index (χ3n) is 3.92. The molecule has 160 valence electrons. The second kappa shape index (κ2) is 11.4. The van der Waals surface area contributed by atoms with Crippen molar-refractivity contribution in [2.24, 2.45) is 4.99 Å². The molecule has 0 aliphatic carbocycles. The zero-order valence-electron chi connectivity index (χ0n) is 16.4. The van der Waals surface area contributed by atoms with E-state index in [1.165, 1.54) is 11.0 Å². The number of guanidine groups is 1. The van der Waals surface area contributed by atoms with Crippen LogP contribution in [0.2, 0.25) is 0 Å². The Balaban J connectivity index is 0.00000420. The van der Waals surface area contributed by atoms with Gasteiger partial charge in [-0.2, -0.15) is 24.5 Å². The molecule has 0 spiro atoms. The molecule has 0 atom stereocenters. The fourth-order valence-corrected chi connectivity index (χ4v) is 3.03. The number of benzene rings is 1. The van der Waals surface area contributed by atoms with Gasteiger partial charge in [-0.1, -0.05) is 12.1 Å². The fraction of sp³-hybridized carbons (Fsp3) is 0.368. The van der Waals surface area contributed by atoms with E-state index in [4.69, 9.17) is 0 Å². The lowest BCUT2D eigenvalue weighted by Gasteiger charge is -2.23. The lowest BCUT2D eigenvalue weighted by molar-refractivity contribution is -0.137. The summed E-state index contributed by atoms with van der Waals surface area (Å²) in [5.74, 6) is 0.314. The van der Waals surface area contributed by atoms with Crippen LogP contribution < -0.4 is 5.32 Å². The highest BCUT2D eigenvalue weighted by Gasteiger charge is 2.30. The maximum atomic E-state index is 12.9. The molecule has 0 fully saturated rings. The van der Waals surface area contributed by atoms with Crippen molar-refractivity contribution in [3.8, 4) is 0 Å². The predicted molar refractivity (Wildman–Crippen MR) is 120 cm³/mol. The molecule has 1 aromatic carbocycles. The molecule has 0 aliphatic heterocycles. The SMILES string of the molecule is CN(C)C(=O)CNC(=NCc1cccc(C(F)(F)F)c1)N(C)Cc1ccsc1.I. The van der Waals surface area contributed by atoms with E-state index in [9.17, 15) is 18.0 Å². The van der Waals surface area contributed by atoms with Crippen LogP contribution in [0, 0.1) is 0 Å². The van der Waals surface area contributed by atoms with Gasteiger partial charge in [0.25, 0.3) is 0 Å². The predicted octanol–water partition coefficient (Wildman–Crippen LogP) is 4.05. The minimum atomic E-state index is -4.39. The molecule has 1 aromatic heterocycles. The number of hydrogen-bond donors (Lipinski definition) is 1. The van der Waals surface area contributed by atoms with E-state index >= 15 is 0 Å². The number of carbonyl (C=O) groups is 1. The maximum absolute atomic E-state index is 12.9. The normalized spacial score (nSPS) is 11.6. The molecule has 0 saturated heterocycles. The number of rotatable bonds is 6. The number of thiophene rings is 1. The summed E-state index contributed by atoms with van der Waals surface area (Å²) < 4.78 is 38.7. The van der Waals surface area contributed by atoms with Crippen LogP contribution in [0.5, 0.6) is 0 Å². The number of carbonyl (C=O) groups excluding carboxylic acids is 1. The van der Waals surface area contributed by atoms with E-state index in [1.54, 1.807) is 31.5 Å². The van der Waals surface area contributed by atoms with Crippen molar-refractivity contribution in [2.75, 3.05) is 27.7 Å². The molecule has 1 amide bonds. The Morgan fingerprint density at radius 1 is 1.17 bits per heavy atom. The minimum Gasteiger partial charge on any atom is -0.347 e. The first-order valence-electron chi connectivity index (χ1n) is 8.53. The molecule has 2 rings (SSSR count). The summed E-state index contributed by atoms with van der Waals surface area (Å²) in [6.07, 6.45) is -4.39. The van der Waals surface area contributed by atoms with Crippen LogP contribution >= 0.6 is 35.3 Å². The average Bonchev–Trinajstić information content (AvgIpc) is 3.13. The van der Waals surface area contributed by atoms with Crippen molar-refractivity contribution >= 4 is 47.2 Å². The molecule has 10 heteroatoms. The molecule has 1 heterocycles. The Hall–Kier alpha value is -1.82. The summed E-state index contributed by atoms with van der Waals surface area (Å²) in [5, 5.41) is 6.96. The van der Waals surface area contributed by atoms with Gasteiger partial charge in [0, 0.05) is 27.7 Å². The topological polar surface area (TPSA) is 47.9 Å². The number of halogens is 4. The molecule has 2 aromatic rings. The van der Waals surface area contributed by atoms with Crippen molar-refractivity contribution in [2.45, 2.75) is 19.3 Å². The van der Waals surface area contributed by atoms with Crippen LogP contribution in [0.15, 0.2) is 46.1 Å². The molecule has 0 unspecified atom stereocenters. The van der Waals surface area contributed by atoms with E-state index < -0.39 is 11.7 Å². The summed E-state index contributed by atoms with van der Waals surface area (Å²) in [4.78, 5) is 19.6. The molecule has 5 nitrogen and oxygen atoms in total. The van der Waals surface area contributed by atoms with Gasteiger partial charge in [-0.05, 0) is 40.1 Å². The molecule has 29 heavy (non-hydrogen) atoms. The number of nitrogens with one attached hydrogen (secondary N) is 1. The Bertz CT molecular complexity index is 810. The van der Waals surface area contributed by atoms with Crippen LogP contribution in [-0.4, -0.2) is 49.4 Å². The highest BCUT2D eigenvalue weighted by atomic mass is 127. The van der Waals surface area contributed by atoms with Gasteiger partial charge in [0.2, 0.25) is 5.91 Å². The number of nitrogens with zero attached hydrogens (tertiary/aromatic N) is 3. The largest absolute Gasteiger partial charge is 0.416 e. The lowest BCUT2D eigenvalue weighted by Crippen LogP contribution is -2.43. The van der Waals surface area contributed by atoms with Crippen molar-refractivity contribution < 1.29 is 18.0 Å². The Morgan fingerprint density at radius 3 is 2.48 bits per heavy atom. The second-order valence-electron chi connectivity index (χ2n) is 6.47. The van der Waals surface area contributed by atoms with Crippen molar-refractivity contribution in [1.29, 1.82) is 0 Å². The van der Waals surface area contributed by atoms with E-state index in [-0.39, 0.29) is 43.0 Å². The minimum absolute atomic E-state index is 0. The summed E-state index contributed by atoms with van der Waals surface area (Å²) in [5.41, 5.74) is 0.820. The van der Waals surface area contributed by atoms with E-state index in [0.29, 0.717) is 18.1 Å². The summed E-state index contributed by atoms with van der Waals surface area (Å²) in [6.45, 7) is 0.673. The van der Waals surface area contributed by atoms with Crippen LogP contribution in [0.3, 0.4) is 0 Å². The van der Waals surface area contributed by atoms with Crippen molar-refractivity contribution in [3.63, 3.8) is 0 Å². The maximum Gasteiger partial charge on any atom is 0.416 e. The standard InChI is InChI=1S/C19H23F3N4OS.HI/c1-25(2)17(27)11-24-18(26(3)12-15-7-8-28-13-15)23-10-14-5-4-6-16(9-14)19(20,21)22;/h4-9,13H,10-12H2,1-3H3,(H,23,24);1H. The number of likely N-dealkylation sites (N-methyl/N-ethyl adjacent to an activating group) is 1. The average molecular weight is 540 g/mol. The van der Waals surface area contributed by atoms with Crippen LogP contribution in [0.1, 0.15) is 16.7 Å². The highest BCUT2D eigenvalue weighted by Crippen LogP contribution is 2.29. The number of hydrogen-bond acceptors (Lipinski definition) is 3. The van der Waals surface area contributed by atoms with Crippen LogP contribution in [0.4, 0.5) is 13.2 Å². The quantitative estimate of drug-likeness (QED) is 0.342. The van der Waals surface area contributed by atoms with E-state index in [0.717, 1.165) is 17.7 Å². The Labute approximate surface area is 189 Å². The zero-order chi connectivity index (χ0) is 20.7. The Kier molecular flexibility index (Phi) is 9.90. The number of aliphatic imine (C=N–C) groups is 1. The monoisotopic (exact) mass is 540 g/mol. The van der Waals surface area contributed by atoms with Gasteiger partial charge in [-0.15, -0.1) is 24.0 Å². The number of amides is 1. The van der Waals surface area contributed by atoms with Gasteiger partial charge >= 0.3 is 6.18 Å². The summed E-state index contributed by atoms with van der Waals surface area (Å²) in [6, 6.07) is 7.07. The fourth-order valence-electron chi connectivity index (χ4n) is 2.37.